The van der Waals surface area contributed by atoms with Crippen LogP contribution >= 0.6 is 0 Å². The largest absolute Gasteiger partial charge is 0.351 e. The van der Waals surface area contributed by atoms with Crippen LogP contribution in [0.3, 0.4) is 0 Å². The molecule has 8 nitrogen and oxygen atoms in total. The lowest BCUT2D eigenvalue weighted by Gasteiger charge is -2.34. The molecule has 0 atom stereocenters. The van der Waals surface area contributed by atoms with Gasteiger partial charge in [0.05, 0.1) is 4.90 Å². The topological polar surface area (TPSA) is 77.9 Å². The maximum absolute atomic E-state index is 12.9. The second-order valence-corrected chi connectivity index (χ2v) is 10.6. The first kappa shape index (κ1) is 25.7. The van der Waals surface area contributed by atoms with Gasteiger partial charge in [0.15, 0.2) is 0 Å². The number of sulfonamides is 1. The third kappa shape index (κ3) is 5.95. The van der Waals surface area contributed by atoms with E-state index in [1.54, 1.807) is 24.3 Å². The van der Waals surface area contributed by atoms with Crippen molar-refractivity contribution in [2.24, 2.45) is 7.05 Å². The van der Waals surface area contributed by atoms with Crippen molar-refractivity contribution in [3.8, 4) is 0 Å². The average Bonchev–Trinajstić information content (AvgIpc) is 3.14. The predicted octanol–water partition coefficient (Wildman–Crippen LogP) is 2.36. The number of benzene rings is 1. The molecular formula is C24H39N5O3S. The van der Waals surface area contributed by atoms with Gasteiger partial charge in [0.2, 0.25) is 10.0 Å². The Morgan fingerprint density at radius 2 is 1.64 bits per heavy atom. The van der Waals surface area contributed by atoms with Gasteiger partial charge >= 0.3 is 0 Å². The average molecular weight is 478 g/mol. The standard InChI is InChI=1S/C24H39N5O3S/c1-5-12-27-14-16-28(17-15-27)13-8-11-25-24(30)23-19-20-18-21(9-10-22(20)26(23)4)33(31,32)29(6-2)7-3/h9-10,18-19H,5-8,11-17H2,1-4H3,(H,25,30). The van der Waals surface area contributed by atoms with Crippen LogP contribution in [0.1, 0.15) is 44.1 Å². The van der Waals surface area contributed by atoms with Crippen LogP contribution in [-0.2, 0) is 17.1 Å². The molecule has 0 unspecified atom stereocenters. The van der Waals surface area contributed by atoms with Crippen LogP contribution in [0.15, 0.2) is 29.2 Å². The summed E-state index contributed by atoms with van der Waals surface area (Å²) in [4.78, 5) is 18.0. The summed E-state index contributed by atoms with van der Waals surface area (Å²) in [5, 5.41) is 3.78. The number of aryl methyl sites for hydroxylation is 1. The first-order valence-corrected chi connectivity index (χ1v) is 13.6. The molecule has 1 fully saturated rings. The molecule has 2 aromatic rings. The van der Waals surface area contributed by atoms with E-state index in [0.717, 1.165) is 50.0 Å². The highest BCUT2D eigenvalue weighted by Gasteiger charge is 2.23. The van der Waals surface area contributed by atoms with Crippen molar-refractivity contribution < 1.29 is 13.2 Å². The molecule has 0 saturated carbocycles. The second kappa shape index (κ2) is 11.5. The van der Waals surface area contributed by atoms with Gasteiger partial charge in [0.25, 0.3) is 5.91 Å². The summed E-state index contributed by atoms with van der Waals surface area (Å²) < 4.78 is 29.0. The Hall–Kier alpha value is -1.94. The fourth-order valence-corrected chi connectivity index (χ4v) is 6.06. The Bertz CT molecular complexity index is 1040. The molecule has 1 aromatic carbocycles. The summed E-state index contributed by atoms with van der Waals surface area (Å²) in [6.07, 6.45) is 2.11. The van der Waals surface area contributed by atoms with E-state index < -0.39 is 10.0 Å². The first-order chi connectivity index (χ1) is 15.8. The minimum atomic E-state index is -3.54. The number of amides is 1. The number of carbonyl (C=O) groups is 1. The van der Waals surface area contributed by atoms with E-state index in [2.05, 4.69) is 22.0 Å². The molecule has 9 heteroatoms. The predicted molar refractivity (Wildman–Crippen MR) is 133 cm³/mol. The molecule has 1 N–H and O–H groups in total. The van der Waals surface area contributed by atoms with E-state index in [-0.39, 0.29) is 10.8 Å². The Balaban J connectivity index is 1.58. The van der Waals surface area contributed by atoms with E-state index in [1.165, 1.54) is 17.3 Å². The van der Waals surface area contributed by atoms with Crippen LogP contribution in [0.2, 0.25) is 0 Å². The third-order valence-electron chi connectivity index (χ3n) is 6.53. The molecule has 33 heavy (non-hydrogen) atoms. The Morgan fingerprint density at radius 3 is 2.24 bits per heavy atom. The lowest BCUT2D eigenvalue weighted by Crippen LogP contribution is -2.47. The summed E-state index contributed by atoms with van der Waals surface area (Å²) in [6.45, 7) is 14.0. The van der Waals surface area contributed by atoms with Crippen molar-refractivity contribution in [2.75, 3.05) is 58.9 Å². The number of fused-ring (bicyclic) bond motifs is 1. The molecule has 0 spiro atoms. The van der Waals surface area contributed by atoms with E-state index in [0.29, 0.717) is 25.3 Å². The Kier molecular flexibility index (Phi) is 8.92. The molecule has 1 aliphatic rings. The number of nitrogens with zero attached hydrogens (tertiary/aromatic N) is 4. The summed E-state index contributed by atoms with van der Waals surface area (Å²) in [5.74, 6) is -0.130. The zero-order chi connectivity index (χ0) is 24.0. The summed E-state index contributed by atoms with van der Waals surface area (Å²) in [6, 6.07) is 6.84. The van der Waals surface area contributed by atoms with Gasteiger partial charge in [-0.25, -0.2) is 8.42 Å². The summed E-state index contributed by atoms with van der Waals surface area (Å²) >= 11 is 0. The minimum absolute atomic E-state index is 0.130. The van der Waals surface area contributed by atoms with Crippen LogP contribution in [-0.4, -0.2) is 91.9 Å². The van der Waals surface area contributed by atoms with Crippen molar-refractivity contribution in [1.82, 2.24) is 24.0 Å². The molecule has 2 heterocycles. The Labute approximate surface area is 198 Å². The van der Waals surface area contributed by atoms with Crippen LogP contribution in [0.25, 0.3) is 10.9 Å². The number of piperazine rings is 1. The zero-order valence-corrected chi connectivity index (χ0v) is 21.3. The maximum atomic E-state index is 12.9. The van der Waals surface area contributed by atoms with Crippen LogP contribution in [0.5, 0.6) is 0 Å². The van der Waals surface area contributed by atoms with Gasteiger partial charge in [-0.1, -0.05) is 20.8 Å². The normalized spacial score (nSPS) is 16.0. The van der Waals surface area contributed by atoms with Gasteiger partial charge in [0, 0.05) is 63.8 Å². The van der Waals surface area contributed by atoms with Gasteiger partial charge < -0.3 is 19.7 Å². The van der Waals surface area contributed by atoms with Crippen LogP contribution in [0.4, 0.5) is 0 Å². The molecule has 1 amide bonds. The fourth-order valence-electron chi connectivity index (χ4n) is 4.57. The van der Waals surface area contributed by atoms with E-state index in [9.17, 15) is 13.2 Å². The second-order valence-electron chi connectivity index (χ2n) is 8.69. The van der Waals surface area contributed by atoms with Crippen molar-refractivity contribution in [1.29, 1.82) is 0 Å². The molecule has 1 aliphatic heterocycles. The lowest BCUT2D eigenvalue weighted by molar-refractivity contribution is 0.0940. The number of rotatable bonds is 11. The highest BCUT2D eigenvalue weighted by Crippen LogP contribution is 2.24. The van der Waals surface area contributed by atoms with E-state index in [4.69, 9.17) is 0 Å². The molecule has 0 radical (unpaired) electrons. The number of hydrogen-bond acceptors (Lipinski definition) is 5. The number of nitrogens with one attached hydrogen (secondary N) is 1. The molecule has 0 aliphatic carbocycles. The van der Waals surface area contributed by atoms with Crippen LogP contribution in [0, 0.1) is 0 Å². The summed E-state index contributed by atoms with van der Waals surface area (Å²) in [5.41, 5.74) is 1.37. The van der Waals surface area contributed by atoms with Gasteiger partial charge in [-0.2, -0.15) is 4.31 Å². The highest BCUT2D eigenvalue weighted by molar-refractivity contribution is 7.89. The van der Waals surface area contributed by atoms with Crippen molar-refractivity contribution in [3.63, 3.8) is 0 Å². The maximum Gasteiger partial charge on any atom is 0.267 e. The zero-order valence-electron chi connectivity index (χ0n) is 20.5. The minimum Gasteiger partial charge on any atom is -0.351 e. The molecule has 3 rings (SSSR count). The number of carbonyl (C=O) groups excluding carboxylic acids is 1. The van der Waals surface area contributed by atoms with Crippen molar-refractivity contribution in [2.45, 2.75) is 38.5 Å². The smallest absolute Gasteiger partial charge is 0.267 e. The lowest BCUT2D eigenvalue weighted by atomic mass is 10.2. The molecule has 1 saturated heterocycles. The van der Waals surface area contributed by atoms with E-state index >= 15 is 0 Å². The number of aromatic nitrogens is 1. The number of hydrogen-bond donors (Lipinski definition) is 1. The quantitative estimate of drug-likeness (QED) is 0.503. The molecule has 0 bridgehead atoms. The van der Waals surface area contributed by atoms with Crippen molar-refractivity contribution >= 4 is 26.8 Å². The van der Waals surface area contributed by atoms with E-state index in [1.807, 2.05) is 25.5 Å². The van der Waals surface area contributed by atoms with Gasteiger partial charge in [0.1, 0.15) is 5.69 Å². The summed E-state index contributed by atoms with van der Waals surface area (Å²) in [7, 11) is -1.70. The fraction of sp³-hybridized carbons (Fsp3) is 0.625. The van der Waals surface area contributed by atoms with Gasteiger partial charge in [-0.15, -0.1) is 0 Å². The monoisotopic (exact) mass is 477 g/mol. The van der Waals surface area contributed by atoms with Crippen molar-refractivity contribution in [3.05, 3.63) is 30.0 Å². The third-order valence-corrected chi connectivity index (χ3v) is 8.58. The van der Waals surface area contributed by atoms with Crippen LogP contribution < -0.4 is 5.32 Å². The molecular weight excluding hydrogens is 438 g/mol. The van der Waals surface area contributed by atoms with Gasteiger partial charge in [-0.05, 0) is 50.2 Å². The Morgan fingerprint density at radius 1 is 1.00 bits per heavy atom. The SMILES string of the molecule is CCCN1CCN(CCCNC(=O)c2cc3cc(S(=O)(=O)N(CC)CC)ccc3n2C)CC1. The molecule has 1 aromatic heterocycles. The highest BCUT2D eigenvalue weighted by atomic mass is 32.2. The van der Waals surface area contributed by atoms with Gasteiger partial charge in [-0.3, -0.25) is 4.79 Å². The molecule has 184 valence electrons. The first-order valence-electron chi connectivity index (χ1n) is 12.1.